The van der Waals surface area contributed by atoms with E-state index in [-0.39, 0.29) is 11.7 Å². The Balaban J connectivity index is 1.61. The normalized spacial score (nSPS) is 17.8. The maximum absolute atomic E-state index is 13.9. The molecule has 3 rings (SSSR count). The quantitative estimate of drug-likeness (QED) is 0.836. The van der Waals surface area contributed by atoms with Crippen molar-refractivity contribution < 1.29 is 13.9 Å². The average molecular weight is 348 g/mol. The Kier molecular flexibility index (Phi) is 5.48. The van der Waals surface area contributed by atoms with E-state index in [4.69, 9.17) is 16.3 Å². The van der Waals surface area contributed by atoms with Crippen molar-refractivity contribution in [2.75, 3.05) is 19.7 Å². The number of morpholine rings is 1. The third-order valence-electron chi connectivity index (χ3n) is 4.24. The fourth-order valence-electron chi connectivity index (χ4n) is 2.90. The van der Waals surface area contributed by atoms with E-state index in [0.717, 1.165) is 5.56 Å². The maximum Gasteiger partial charge on any atom is 0.223 e. The van der Waals surface area contributed by atoms with Crippen LogP contribution in [0.25, 0.3) is 0 Å². The first-order valence-corrected chi connectivity index (χ1v) is 8.40. The van der Waals surface area contributed by atoms with E-state index in [2.05, 4.69) is 0 Å². The summed E-state index contributed by atoms with van der Waals surface area (Å²) in [4.78, 5) is 14.2. The lowest BCUT2D eigenvalue weighted by atomic mass is 10.1. The van der Waals surface area contributed by atoms with Crippen LogP contribution in [0.2, 0.25) is 5.02 Å². The van der Waals surface area contributed by atoms with Gasteiger partial charge in [-0.3, -0.25) is 4.79 Å². The number of rotatable bonds is 4. The standard InChI is InChI=1S/C19H19ClFNO2/c20-16-7-3-1-5-14(16)9-10-19(23)22-11-12-24-18(13-22)15-6-2-4-8-17(15)21/h1-8,18H,9-13H2. The lowest BCUT2D eigenvalue weighted by Crippen LogP contribution is -2.42. The summed E-state index contributed by atoms with van der Waals surface area (Å²) < 4.78 is 19.6. The molecule has 1 aliphatic heterocycles. The first kappa shape index (κ1) is 16.9. The van der Waals surface area contributed by atoms with Crippen LogP contribution in [0.4, 0.5) is 4.39 Å². The van der Waals surface area contributed by atoms with Gasteiger partial charge in [0.1, 0.15) is 11.9 Å². The first-order valence-electron chi connectivity index (χ1n) is 8.02. The van der Waals surface area contributed by atoms with Crippen molar-refractivity contribution in [2.24, 2.45) is 0 Å². The summed E-state index contributed by atoms with van der Waals surface area (Å²) in [6.07, 6.45) is 0.567. The van der Waals surface area contributed by atoms with Crippen LogP contribution < -0.4 is 0 Å². The van der Waals surface area contributed by atoms with Crippen LogP contribution in [0.1, 0.15) is 23.7 Å². The van der Waals surface area contributed by atoms with E-state index in [1.165, 1.54) is 6.07 Å². The smallest absolute Gasteiger partial charge is 0.223 e. The molecule has 3 nitrogen and oxygen atoms in total. The van der Waals surface area contributed by atoms with Gasteiger partial charge in [-0.2, -0.15) is 0 Å². The predicted octanol–water partition coefficient (Wildman–Crippen LogP) is 4.01. The second-order valence-corrected chi connectivity index (χ2v) is 6.22. The molecule has 2 aromatic carbocycles. The van der Waals surface area contributed by atoms with E-state index in [0.29, 0.717) is 43.1 Å². The number of carbonyl (C=O) groups excluding carboxylic acids is 1. The van der Waals surface area contributed by atoms with Crippen molar-refractivity contribution in [1.29, 1.82) is 0 Å². The Labute approximate surface area is 146 Å². The van der Waals surface area contributed by atoms with Gasteiger partial charge in [0.25, 0.3) is 0 Å². The minimum absolute atomic E-state index is 0.0413. The van der Waals surface area contributed by atoms with Crippen molar-refractivity contribution in [3.8, 4) is 0 Å². The Morgan fingerprint density at radius 1 is 1.21 bits per heavy atom. The number of nitrogens with zero attached hydrogens (tertiary/aromatic N) is 1. The SMILES string of the molecule is O=C(CCc1ccccc1Cl)N1CCOC(c2ccccc2F)C1. The Bertz CT molecular complexity index is 722. The number of ether oxygens (including phenoxy) is 1. The van der Waals surface area contributed by atoms with Crippen molar-refractivity contribution in [3.63, 3.8) is 0 Å². The van der Waals surface area contributed by atoms with Crippen LogP contribution in [-0.4, -0.2) is 30.5 Å². The fourth-order valence-corrected chi connectivity index (χ4v) is 3.13. The summed E-state index contributed by atoms with van der Waals surface area (Å²) in [7, 11) is 0. The van der Waals surface area contributed by atoms with Gasteiger partial charge in [0.05, 0.1) is 13.2 Å². The molecule has 24 heavy (non-hydrogen) atoms. The summed E-state index contributed by atoms with van der Waals surface area (Å²) in [6, 6.07) is 14.1. The molecule has 1 fully saturated rings. The number of carbonyl (C=O) groups is 1. The summed E-state index contributed by atoms with van der Waals surface area (Å²) in [6.45, 7) is 1.32. The van der Waals surface area contributed by atoms with Crippen LogP contribution in [0.3, 0.4) is 0 Å². The van der Waals surface area contributed by atoms with E-state index in [9.17, 15) is 9.18 Å². The highest BCUT2D eigenvalue weighted by Crippen LogP contribution is 2.25. The molecule has 0 saturated carbocycles. The van der Waals surface area contributed by atoms with Gasteiger partial charge >= 0.3 is 0 Å². The molecule has 1 saturated heterocycles. The van der Waals surface area contributed by atoms with Gasteiger partial charge in [0.2, 0.25) is 5.91 Å². The molecule has 0 bridgehead atoms. The topological polar surface area (TPSA) is 29.5 Å². The Morgan fingerprint density at radius 2 is 1.96 bits per heavy atom. The highest BCUT2D eigenvalue weighted by molar-refractivity contribution is 6.31. The largest absolute Gasteiger partial charge is 0.370 e. The summed E-state index contributed by atoms with van der Waals surface area (Å²) in [5.74, 6) is -0.257. The molecular weight excluding hydrogens is 329 g/mol. The van der Waals surface area contributed by atoms with Crippen LogP contribution in [0.5, 0.6) is 0 Å². The van der Waals surface area contributed by atoms with Gasteiger partial charge in [-0.15, -0.1) is 0 Å². The lowest BCUT2D eigenvalue weighted by molar-refractivity contribution is -0.139. The summed E-state index contributed by atoms with van der Waals surface area (Å²) in [5, 5.41) is 0.677. The molecule has 0 spiro atoms. The summed E-state index contributed by atoms with van der Waals surface area (Å²) >= 11 is 6.13. The molecule has 1 aliphatic rings. The molecule has 126 valence electrons. The molecule has 0 aliphatic carbocycles. The van der Waals surface area contributed by atoms with Crippen molar-refractivity contribution in [1.82, 2.24) is 4.90 Å². The summed E-state index contributed by atoms with van der Waals surface area (Å²) in [5.41, 5.74) is 1.47. The van der Waals surface area contributed by atoms with Gasteiger partial charge in [0, 0.05) is 23.6 Å². The van der Waals surface area contributed by atoms with Gasteiger partial charge in [-0.25, -0.2) is 4.39 Å². The van der Waals surface area contributed by atoms with E-state index < -0.39 is 6.10 Å². The fraction of sp³-hybridized carbons (Fsp3) is 0.316. The number of amides is 1. The average Bonchev–Trinajstić information content (AvgIpc) is 2.61. The van der Waals surface area contributed by atoms with Gasteiger partial charge in [-0.05, 0) is 24.1 Å². The second-order valence-electron chi connectivity index (χ2n) is 5.81. The molecule has 0 aromatic heterocycles. The van der Waals surface area contributed by atoms with Crippen molar-refractivity contribution >= 4 is 17.5 Å². The zero-order valence-electron chi connectivity index (χ0n) is 13.3. The Hall–Kier alpha value is -1.91. The van der Waals surface area contributed by atoms with E-state index in [1.807, 2.05) is 24.3 Å². The van der Waals surface area contributed by atoms with Gasteiger partial charge in [0.15, 0.2) is 0 Å². The van der Waals surface area contributed by atoms with Gasteiger partial charge < -0.3 is 9.64 Å². The number of benzene rings is 2. The lowest BCUT2D eigenvalue weighted by Gasteiger charge is -2.33. The highest BCUT2D eigenvalue weighted by atomic mass is 35.5. The second kappa shape index (κ2) is 7.77. The first-order chi connectivity index (χ1) is 11.6. The minimum atomic E-state index is -0.413. The number of aryl methyl sites for hydroxylation is 1. The van der Waals surface area contributed by atoms with Crippen molar-refractivity contribution in [2.45, 2.75) is 18.9 Å². The molecule has 1 heterocycles. The minimum Gasteiger partial charge on any atom is -0.370 e. The van der Waals surface area contributed by atoms with Crippen LogP contribution in [-0.2, 0) is 16.0 Å². The number of hydrogen-bond acceptors (Lipinski definition) is 2. The molecule has 1 unspecified atom stereocenters. The third-order valence-corrected chi connectivity index (χ3v) is 4.61. The molecule has 1 amide bonds. The molecule has 0 N–H and O–H groups in total. The monoisotopic (exact) mass is 347 g/mol. The zero-order chi connectivity index (χ0) is 16.9. The van der Waals surface area contributed by atoms with Crippen LogP contribution in [0, 0.1) is 5.82 Å². The predicted molar refractivity (Wildman–Crippen MR) is 91.4 cm³/mol. The van der Waals surface area contributed by atoms with Crippen LogP contribution in [0.15, 0.2) is 48.5 Å². The molecule has 5 heteroatoms. The third kappa shape index (κ3) is 3.94. The van der Waals surface area contributed by atoms with Crippen molar-refractivity contribution in [3.05, 3.63) is 70.5 Å². The van der Waals surface area contributed by atoms with Gasteiger partial charge in [-0.1, -0.05) is 48.0 Å². The highest BCUT2D eigenvalue weighted by Gasteiger charge is 2.26. The van der Waals surface area contributed by atoms with Crippen LogP contribution >= 0.6 is 11.6 Å². The zero-order valence-corrected chi connectivity index (χ0v) is 14.0. The number of halogens is 2. The van der Waals surface area contributed by atoms with E-state index in [1.54, 1.807) is 23.1 Å². The van der Waals surface area contributed by atoms with E-state index >= 15 is 0 Å². The number of hydrogen-bond donors (Lipinski definition) is 0. The molecule has 1 atom stereocenters. The molecule has 2 aromatic rings. The Morgan fingerprint density at radius 3 is 2.75 bits per heavy atom. The molecular formula is C19H19ClFNO2. The maximum atomic E-state index is 13.9. The molecule has 0 radical (unpaired) electrons.